The molecule has 0 spiro atoms. The van der Waals surface area contributed by atoms with Gasteiger partial charge in [0.1, 0.15) is 5.82 Å². The van der Waals surface area contributed by atoms with E-state index in [1.54, 1.807) is 16.8 Å². The molecule has 2 aromatic rings. The van der Waals surface area contributed by atoms with Gasteiger partial charge < -0.3 is 9.31 Å². The highest BCUT2D eigenvalue weighted by Gasteiger charge is 2.53. The molecule has 1 aromatic heterocycles. The lowest BCUT2D eigenvalue weighted by atomic mass is 9.77. The molecule has 0 bridgehead atoms. The Morgan fingerprint density at radius 3 is 2.36 bits per heavy atom. The van der Waals surface area contributed by atoms with E-state index in [9.17, 15) is 4.39 Å². The maximum Gasteiger partial charge on any atom is 0.498 e. The number of hydrogen-bond donors (Lipinski definition) is 0. The van der Waals surface area contributed by atoms with Crippen molar-refractivity contribution in [2.75, 3.05) is 0 Å². The van der Waals surface area contributed by atoms with Crippen LogP contribution in [-0.4, -0.2) is 28.1 Å². The molecule has 4 nitrogen and oxygen atoms in total. The number of benzene rings is 1. The number of halogens is 2. The lowest BCUT2D eigenvalue weighted by Crippen LogP contribution is -2.41. The molecule has 1 fully saturated rings. The Balaban J connectivity index is 1.94. The van der Waals surface area contributed by atoms with Crippen LogP contribution in [0.15, 0.2) is 18.2 Å². The summed E-state index contributed by atoms with van der Waals surface area (Å²) >= 11 is 5.88. The highest BCUT2D eigenvalue weighted by atomic mass is 35.5. The van der Waals surface area contributed by atoms with Crippen molar-refractivity contribution in [1.29, 1.82) is 0 Å². The average Bonchev–Trinajstić information content (AvgIpc) is 2.88. The van der Waals surface area contributed by atoms with Crippen LogP contribution < -0.4 is 5.46 Å². The van der Waals surface area contributed by atoms with E-state index in [0.717, 1.165) is 16.9 Å². The molecule has 7 heteroatoms. The van der Waals surface area contributed by atoms with Crippen LogP contribution in [0.1, 0.15) is 44.6 Å². The summed E-state index contributed by atoms with van der Waals surface area (Å²) in [6, 6.07) is 4.99. The number of hydrogen-bond acceptors (Lipinski definition) is 3. The van der Waals surface area contributed by atoms with Crippen LogP contribution in [0.25, 0.3) is 0 Å². The fourth-order valence-corrected chi connectivity index (χ4v) is 3.19. The molecule has 1 aliphatic rings. The van der Waals surface area contributed by atoms with Crippen molar-refractivity contribution in [2.45, 2.75) is 59.3 Å². The van der Waals surface area contributed by atoms with Crippen molar-refractivity contribution >= 4 is 24.2 Å². The molecule has 1 saturated heterocycles. The maximum atomic E-state index is 14.2. The Morgan fingerprint density at radius 1 is 1.16 bits per heavy atom. The third-order valence-corrected chi connectivity index (χ3v) is 5.57. The van der Waals surface area contributed by atoms with Crippen LogP contribution in [0, 0.1) is 19.7 Å². The zero-order valence-corrected chi connectivity index (χ0v) is 16.2. The van der Waals surface area contributed by atoms with Gasteiger partial charge in [0.05, 0.1) is 28.5 Å². The van der Waals surface area contributed by atoms with E-state index in [4.69, 9.17) is 20.9 Å². The Bertz CT molecular complexity index is 804. The fraction of sp³-hybridized carbons (Fsp3) is 0.500. The molecule has 3 rings (SSSR count). The summed E-state index contributed by atoms with van der Waals surface area (Å²) in [6.07, 6.45) is 0. The SMILES string of the molecule is Cc1nn(Cc2cccc(Cl)c2F)c(C)c1B1OC(C)(C)C(C)(C)O1. The van der Waals surface area contributed by atoms with Gasteiger partial charge in [0.25, 0.3) is 0 Å². The summed E-state index contributed by atoms with van der Waals surface area (Å²) in [7, 11) is -0.483. The minimum atomic E-state index is -0.483. The van der Waals surface area contributed by atoms with Crippen LogP contribution in [0.3, 0.4) is 0 Å². The van der Waals surface area contributed by atoms with E-state index >= 15 is 0 Å². The molecule has 1 aromatic carbocycles. The van der Waals surface area contributed by atoms with Gasteiger partial charge in [-0.15, -0.1) is 0 Å². The molecule has 0 unspecified atom stereocenters. The number of aryl methyl sites for hydroxylation is 1. The summed E-state index contributed by atoms with van der Waals surface area (Å²) < 4.78 is 28.3. The van der Waals surface area contributed by atoms with Crippen molar-refractivity contribution in [1.82, 2.24) is 9.78 Å². The molecule has 25 heavy (non-hydrogen) atoms. The fourth-order valence-electron chi connectivity index (χ4n) is 3.00. The molecule has 2 heterocycles. The van der Waals surface area contributed by atoms with E-state index < -0.39 is 24.1 Å². The molecule has 0 atom stereocenters. The largest absolute Gasteiger partial charge is 0.498 e. The Kier molecular flexibility index (Phi) is 4.50. The van der Waals surface area contributed by atoms with E-state index in [2.05, 4.69) is 5.10 Å². The Hall–Kier alpha value is -1.37. The first-order valence-electron chi connectivity index (χ1n) is 8.36. The topological polar surface area (TPSA) is 36.3 Å². The van der Waals surface area contributed by atoms with E-state index in [0.29, 0.717) is 12.1 Å². The summed E-state index contributed by atoms with van der Waals surface area (Å²) in [5.74, 6) is -0.408. The second kappa shape index (κ2) is 6.11. The van der Waals surface area contributed by atoms with Crippen molar-refractivity contribution < 1.29 is 13.7 Å². The first kappa shape index (κ1) is 18.4. The summed E-state index contributed by atoms with van der Waals surface area (Å²) in [5.41, 5.74) is 2.28. The van der Waals surface area contributed by atoms with Gasteiger partial charge in [0.2, 0.25) is 0 Å². The van der Waals surface area contributed by atoms with Gasteiger partial charge in [-0.1, -0.05) is 23.7 Å². The molecular formula is C18H23BClFN2O2. The standard InChI is InChI=1S/C18H23BClFN2O2/c1-11-15(19-24-17(3,4)18(5,6)25-19)12(2)23(22-11)10-13-8-7-9-14(20)16(13)21/h7-9H,10H2,1-6H3. The van der Waals surface area contributed by atoms with Gasteiger partial charge >= 0.3 is 7.12 Å². The zero-order valence-electron chi connectivity index (χ0n) is 15.5. The number of rotatable bonds is 3. The van der Waals surface area contributed by atoms with E-state index in [1.165, 1.54) is 6.07 Å². The number of nitrogens with zero attached hydrogens (tertiary/aromatic N) is 2. The van der Waals surface area contributed by atoms with E-state index in [1.807, 2.05) is 41.5 Å². The quantitative estimate of drug-likeness (QED) is 0.780. The monoisotopic (exact) mass is 364 g/mol. The second-order valence-electron chi connectivity index (χ2n) is 7.54. The van der Waals surface area contributed by atoms with Crippen LogP contribution >= 0.6 is 11.6 Å². The highest BCUT2D eigenvalue weighted by molar-refractivity contribution is 6.63. The summed E-state index contributed by atoms with van der Waals surface area (Å²) in [4.78, 5) is 0. The predicted molar refractivity (Wildman–Crippen MR) is 97.9 cm³/mol. The first-order chi connectivity index (χ1) is 11.5. The molecule has 134 valence electrons. The van der Waals surface area contributed by atoms with Crippen molar-refractivity contribution in [2.24, 2.45) is 0 Å². The van der Waals surface area contributed by atoms with Gasteiger partial charge in [-0.25, -0.2) is 4.39 Å². The van der Waals surface area contributed by atoms with Crippen LogP contribution in [-0.2, 0) is 15.9 Å². The van der Waals surface area contributed by atoms with Gasteiger partial charge in [-0.05, 0) is 47.6 Å². The summed E-state index contributed by atoms with van der Waals surface area (Å²) in [5, 5.41) is 4.68. The van der Waals surface area contributed by atoms with Crippen molar-refractivity contribution in [3.63, 3.8) is 0 Å². The van der Waals surface area contributed by atoms with Crippen LogP contribution in [0.2, 0.25) is 5.02 Å². The number of aromatic nitrogens is 2. The Morgan fingerprint density at radius 2 is 1.76 bits per heavy atom. The normalized spacial score (nSPS) is 18.8. The average molecular weight is 365 g/mol. The Labute approximate surface area is 153 Å². The van der Waals surface area contributed by atoms with Crippen LogP contribution in [0.5, 0.6) is 0 Å². The first-order valence-corrected chi connectivity index (χ1v) is 8.74. The maximum absolute atomic E-state index is 14.2. The summed E-state index contributed by atoms with van der Waals surface area (Å²) in [6.45, 7) is 12.2. The van der Waals surface area contributed by atoms with Crippen molar-refractivity contribution in [3.8, 4) is 0 Å². The lowest BCUT2D eigenvalue weighted by Gasteiger charge is -2.32. The van der Waals surface area contributed by atoms with Crippen LogP contribution in [0.4, 0.5) is 4.39 Å². The van der Waals surface area contributed by atoms with Gasteiger partial charge in [-0.2, -0.15) is 5.10 Å². The molecular weight excluding hydrogens is 341 g/mol. The third-order valence-electron chi connectivity index (χ3n) is 5.28. The predicted octanol–water partition coefficient (Wildman–Crippen LogP) is 3.64. The minimum Gasteiger partial charge on any atom is -0.399 e. The molecule has 0 radical (unpaired) electrons. The molecule has 1 aliphatic heterocycles. The van der Waals surface area contributed by atoms with Gasteiger partial charge in [0, 0.05) is 16.7 Å². The molecule has 0 saturated carbocycles. The minimum absolute atomic E-state index is 0.116. The van der Waals surface area contributed by atoms with Gasteiger partial charge in [0.15, 0.2) is 0 Å². The lowest BCUT2D eigenvalue weighted by molar-refractivity contribution is 0.00578. The second-order valence-corrected chi connectivity index (χ2v) is 7.95. The molecule has 0 N–H and O–H groups in total. The zero-order chi connectivity index (χ0) is 18.6. The van der Waals surface area contributed by atoms with Crippen molar-refractivity contribution in [3.05, 3.63) is 46.0 Å². The van der Waals surface area contributed by atoms with E-state index in [-0.39, 0.29) is 5.02 Å². The smallest absolute Gasteiger partial charge is 0.399 e. The highest BCUT2D eigenvalue weighted by Crippen LogP contribution is 2.37. The molecule has 0 amide bonds. The third kappa shape index (κ3) is 3.11. The van der Waals surface area contributed by atoms with Gasteiger partial charge in [-0.3, -0.25) is 4.68 Å². The molecule has 0 aliphatic carbocycles.